The van der Waals surface area contributed by atoms with Crippen LogP contribution in [-0.2, 0) is 13.1 Å². The number of halogens is 1. The van der Waals surface area contributed by atoms with Crippen LogP contribution in [0.15, 0.2) is 53.5 Å². The van der Waals surface area contributed by atoms with Crippen LogP contribution in [-0.4, -0.2) is 64.3 Å². The van der Waals surface area contributed by atoms with Gasteiger partial charge in [-0.3, -0.25) is 14.7 Å². The average Bonchev–Trinajstić information content (AvgIpc) is 2.83. The maximum atomic E-state index is 12.5. The van der Waals surface area contributed by atoms with Gasteiger partial charge in [0.25, 0.3) is 5.56 Å². The van der Waals surface area contributed by atoms with Crippen LogP contribution in [0.1, 0.15) is 5.56 Å². The highest BCUT2D eigenvalue weighted by Gasteiger charge is 2.19. The van der Waals surface area contributed by atoms with Gasteiger partial charge in [-0.25, -0.2) is 0 Å². The van der Waals surface area contributed by atoms with E-state index in [2.05, 4.69) is 20.1 Å². The molecule has 32 heavy (non-hydrogen) atoms. The topological polar surface area (TPSA) is 62.6 Å². The first kappa shape index (κ1) is 22.5. The molecule has 4 rings (SSSR count). The summed E-state index contributed by atoms with van der Waals surface area (Å²) in [5.41, 5.74) is 2.69. The molecule has 7 nitrogen and oxygen atoms in total. The van der Waals surface area contributed by atoms with Gasteiger partial charge in [-0.2, -0.15) is 0 Å². The standard InChI is InChI=1S/C23H26ClN5O2S/c1-31-19-14-21-20(25-16-19)6-7-22(30)29(21)13-10-27-8-11-28(12-9-27)23(32)26-15-17-2-4-18(24)5-3-17/h2-7,14,16H,8-13,15H2,1H3,(H,26,32). The number of piperazine rings is 1. The van der Waals surface area contributed by atoms with E-state index in [1.807, 2.05) is 30.3 Å². The number of hydrogen-bond acceptors (Lipinski definition) is 5. The molecule has 1 aliphatic rings. The van der Waals surface area contributed by atoms with E-state index in [0.717, 1.165) is 59.5 Å². The van der Waals surface area contributed by atoms with Gasteiger partial charge in [0.1, 0.15) is 5.75 Å². The first-order valence-corrected chi connectivity index (χ1v) is 11.4. The van der Waals surface area contributed by atoms with Crippen LogP contribution in [0.25, 0.3) is 11.0 Å². The lowest BCUT2D eigenvalue weighted by Crippen LogP contribution is -2.52. The number of hydrogen-bond donors (Lipinski definition) is 1. The zero-order valence-electron chi connectivity index (χ0n) is 18.0. The van der Waals surface area contributed by atoms with Crippen molar-refractivity contribution in [1.29, 1.82) is 0 Å². The van der Waals surface area contributed by atoms with Gasteiger partial charge in [0, 0.05) is 63.0 Å². The molecule has 1 aliphatic heterocycles. The third-order valence-corrected chi connectivity index (χ3v) is 6.36. The van der Waals surface area contributed by atoms with Gasteiger partial charge in [-0.05, 0) is 36.0 Å². The van der Waals surface area contributed by atoms with Crippen LogP contribution in [0, 0.1) is 0 Å². The Morgan fingerprint density at radius 2 is 1.88 bits per heavy atom. The van der Waals surface area contributed by atoms with Crippen LogP contribution in [0.2, 0.25) is 5.02 Å². The zero-order chi connectivity index (χ0) is 22.5. The number of ether oxygens (including phenoxy) is 1. The van der Waals surface area contributed by atoms with Crippen molar-refractivity contribution in [2.45, 2.75) is 13.1 Å². The molecule has 0 spiro atoms. The Bertz CT molecular complexity index is 1140. The predicted octanol–water partition coefficient (Wildman–Crippen LogP) is 2.75. The predicted molar refractivity (Wildman–Crippen MR) is 131 cm³/mol. The van der Waals surface area contributed by atoms with E-state index in [1.165, 1.54) is 0 Å². The summed E-state index contributed by atoms with van der Waals surface area (Å²) in [4.78, 5) is 21.4. The molecule has 0 bridgehead atoms. The minimum absolute atomic E-state index is 0.0289. The van der Waals surface area contributed by atoms with Crippen LogP contribution in [0.5, 0.6) is 5.75 Å². The van der Waals surface area contributed by atoms with Gasteiger partial charge in [-0.15, -0.1) is 0 Å². The van der Waals surface area contributed by atoms with E-state index < -0.39 is 0 Å². The van der Waals surface area contributed by atoms with Crippen molar-refractivity contribution in [2.24, 2.45) is 0 Å². The summed E-state index contributed by atoms with van der Waals surface area (Å²) in [6.45, 7) is 5.56. The molecule has 3 aromatic rings. The Kier molecular flexibility index (Phi) is 7.24. The average molecular weight is 472 g/mol. The van der Waals surface area contributed by atoms with E-state index >= 15 is 0 Å². The highest BCUT2D eigenvalue weighted by molar-refractivity contribution is 7.80. The second kappa shape index (κ2) is 10.3. The molecule has 1 fully saturated rings. The summed E-state index contributed by atoms with van der Waals surface area (Å²) >= 11 is 11.5. The summed E-state index contributed by atoms with van der Waals surface area (Å²) in [5.74, 6) is 0.644. The molecule has 0 amide bonds. The van der Waals surface area contributed by atoms with E-state index in [4.69, 9.17) is 28.6 Å². The first-order chi connectivity index (χ1) is 15.5. The lowest BCUT2D eigenvalue weighted by Gasteiger charge is -2.36. The SMILES string of the molecule is COc1cnc2ccc(=O)n(CCN3CCN(C(=S)NCc4ccc(Cl)cc4)CC3)c2c1. The van der Waals surface area contributed by atoms with Gasteiger partial charge in [0.15, 0.2) is 5.11 Å². The van der Waals surface area contributed by atoms with Crippen molar-refractivity contribution in [3.63, 3.8) is 0 Å². The second-order valence-corrected chi connectivity index (χ2v) is 8.54. The summed E-state index contributed by atoms with van der Waals surface area (Å²) in [6, 6.07) is 13.0. The largest absolute Gasteiger partial charge is 0.495 e. The summed E-state index contributed by atoms with van der Waals surface area (Å²) < 4.78 is 7.05. The van der Waals surface area contributed by atoms with Gasteiger partial charge in [0.2, 0.25) is 0 Å². The molecule has 1 aromatic carbocycles. The number of benzene rings is 1. The number of pyridine rings is 2. The van der Waals surface area contributed by atoms with Crippen molar-refractivity contribution in [1.82, 2.24) is 24.7 Å². The minimum atomic E-state index is -0.0289. The fraction of sp³-hybridized carbons (Fsp3) is 0.348. The van der Waals surface area contributed by atoms with Gasteiger partial charge >= 0.3 is 0 Å². The van der Waals surface area contributed by atoms with Crippen molar-refractivity contribution < 1.29 is 4.74 Å². The van der Waals surface area contributed by atoms with Crippen molar-refractivity contribution in [2.75, 3.05) is 39.8 Å². The van der Waals surface area contributed by atoms with Gasteiger partial charge in [0.05, 0.1) is 24.3 Å². The summed E-state index contributed by atoms with van der Waals surface area (Å²) in [5, 5.41) is 4.83. The van der Waals surface area contributed by atoms with E-state index in [0.29, 0.717) is 18.8 Å². The van der Waals surface area contributed by atoms with Crippen LogP contribution in [0.3, 0.4) is 0 Å². The Morgan fingerprint density at radius 1 is 1.12 bits per heavy atom. The van der Waals surface area contributed by atoms with Crippen molar-refractivity contribution in [3.8, 4) is 5.75 Å². The lowest BCUT2D eigenvalue weighted by molar-refractivity contribution is 0.176. The van der Waals surface area contributed by atoms with Gasteiger partial charge in [-0.1, -0.05) is 23.7 Å². The van der Waals surface area contributed by atoms with Crippen LogP contribution >= 0.6 is 23.8 Å². The molecule has 9 heteroatoms. The van der Waals surface area contributed by atoms with E-state index in [-0.39, 0.29) is 5.56 Å². The highest BCUT2D eigenvalue weighted by Crippen LogP contribution is 2.17. The lowest BCUT2D eigenvalue weighted by atomic mass is 10.2. The highest BCUT2D eigenvalue weighted by atomic mass is 35.5. The molecule has 0 radical (unpaired) electrons. The van der Waals surface area contributed by atoms with E-state index in [1.54, 1.807) is 30.0 Å². The number of fused-ring (bicyclic) bond motifs is 1. The molecule has 2 aromatic heterocycles. The van der Waals surface area contributed by atoms with Crippen molar-refractivity contribution >= 4 is 40.0 Å². The molecule has 1 N–H and O–H groups in total. The Labute approximate surface area is 197 Å². The Hall–Kier alpha value is -2.68. The number of nitrogens with one attached hydrogen (secondary N) is 1. The zero-order valence-corrected chi connectivity index (χ0v) is 19.5. The monoisotopic (exact) mass is 471 g/mol. The quantitative estimate of drug-likeness (QED) is 0.554. The molecule has 168 valence electrons. The maximum Gasteiger partial charge on any atom is 0.251 e. The van der Waals surface area contributed by atoms with Crippen LogP contribution in [0.4, 0.5) is 0 Å². The molecule has 0 atom stereocenters. The molecule has 0 aliphatic carbocycles. The first-order valence-electron chi connectivity index (χ1n) is 10.6. The third-order valence-electron chi connectivity index (χ3n) is 5.70. The molecule has 3 heterocycles. The Balaban J connectivity index is 1.30. The second-order valence-electron chi connectivity index (χ2n) is 7.72. The smallest absolute Gasteiger partial charge is 0.251 e. The number of nitrogens with zero attached hydrogens (tertiary/aromatic N) is 4. The summed E-state index contributed by atoms with van der Waals surface area (Å²) in [6.07, 6.45) is 1.67. The molecular formula is C23H26ClN5O2S. The number of rotatable bonds is 6. The molecule has 0 saturated carbocycles. The summed E-state index contributed by atoms with van der Waals surface area (Å²) in [7, 11) is 1.60. The third kappa shape index (κ3) is 5.38. The van der Waals surface area contributed by atoms with Gasteiger partial charge < -0.3 is 19.5 Å². The Morgan fingerprint density at radius 3 is 2.59 bits per heavy atom. The normalized spacial score (nSPS) is 14.5. The fourth-order valence-corrected chi connectivity index (χ4v) is 4.18. The molecular weight excluding hydrogens is 446 g/mol. The van der Waals surface area contributed by atoms with E-state index in [9.17, 15) is 4.79 Å². The van der Waals surface area contributed by atoms with Crippen LogP contribution < -0.4 is 15.6 Å². The van der Waals surface area contributed by atoms with Crippen molar-refractivity contribution in [3.05, 3.63) is 69.6 Å². The number of thiocarbonyl (C=S) groups is 1. The maximum absolute atomic E-state index is 12.5. The fourth-order valence-electron chi connectivity index (χ4n) is 3.80. The molecule has 0 unspecified atom stereocenters. The number of aromatic nitrogens is 2. The molecule has 1 saturated heterocycles. The minimum Gasteiger partial charge on any atom is -0.495 e. The number of methoxy groups -OCH3 is 1.